The number of H-pyrrole nitrogens is 1. The highest BCUT2D eigenvalue weighted by Crippen LogP contribution is 2.34. The summed E-state index contributed by atoms with van der Waals surface area (Å²) < 4.78 is 17.5. The quantitative estimate of drug-likeness (QED) is 0.497. The number of aliphatic hydroxyl groups is 1. The molecule has 2 aliphatic heterocycles. The van der Waals surface area contributed by atoms with Gasteiger partial charge in [0.2, 0.25) is 0 Å². The van der Waals surface area contributed by atoms with Crippen molar-refractivity contribution < 1.29 is 23.8 Å². The maximum atomic E-state index is 12.2. The fourth-order valence-electron chi connectivity index (χ4n) is 3.10. The van der Waals surface area contributed by atoms with E-state index in [-0.39, 0.29) is 23.4 Å². The molecule has 0 atom stereocenters. The van der Waals surface area contributed by atoms with Gasteiger partial charge in [0, 0.05) is 24.1 Å². The molecule has 0 spiro atoms. The summed E-state index contributed by atoms with van der Waals surface area (Å²) in [5.41, 5.74) is 1.59. The highest BCUT2D eigenvalue weighted by molar-refractivity contribution is 5.96. The molecule has 0 bridgehead atoms. The second kappa shape index (κ2) is 7.28. The lowest BCUT2D eigenvalue weighted by atomic mass is 10.1. The van der Waals surface area contributed by atoms with Gasteiger partial charge in [-0.25, -0.2) is 9.89 Å². The molecule has 1 aromatic heterocycles. The van der Waals surface area contributed by atoms with Crippen LogP contribution in [0.4, 0.5) is 0 Å². The van der Waals surface area contributed by atoms with Gasteiger partial charge in [0.05, 0.1) is 25.3 Å². The Morgan fingerprint density at radius 3 is 2.72 bits per heavy atom. The van der Waals surface area contributed by atoms with Crippen LogP contribution >= 0.6 is 0 Å². The van der Waals surface area contributed by atoms with Crippen molar-refractivity contribution in [2.24, 2.45) is 0 Å². The number of methoxy groups -OCH3 is 2. The summed E-state index contributed by atoms with van der Waals surface area (Å²) in [6.07, 6.45) is 3.12. The number of hydrogen-bond donors (Lipinski definition) is 2. The van der Waals surface area contributed by atoms with Gasteiger partial charge in [-0.05, 0) is 24.3 Å². The maximum absolute atomic E-state index is 12.2. The number of fused-ring (bicyclic) bond motifs is 1. The van der Waals surface area contributed by atoms with Crippen LogP contribution in [0.2, 0.25) is 0 Å². The fourth-order valence-corrected chi connectivity index (χ4v) is 3.10. The maximum Gasteiger partial charge on any atom is 0.341 e. The third kappa shape index (κ3) is 3.17. The number of rotatable bonds is 5. The minimum atomic E-state index is -0.605. The molecule has 4 rings (SSSR count). The van der Waals surface area contributed by atoms with Gasteiger partial charge in [-0.1, -0.05) is 0 Å². The Morgan fingerprint density at radius 2 is 2.03 bits per heavy atom. The number of esters is 1. The summed E-state index contributed by atoms with van der Waals surface area (Å²) in [6, 6.07) is 8.75. The van der Waals surface area contributed by atoms with Gasteiger partial charge in [0.1, 0.15) is 35.1 Å². The van der Waals surface area contributed by atoms with Gasteiger partial charge in [-0.2, -0.15) is 5.10 Å². The highest BCUT2D eigenvalue weighted by Gasteiger charge is 2.22. The number of carbonyl (C=O) groups excluding carboxylic acids is 1. The van der Waals surface area contributed by atoms with E-state index >= 15 is 0 Å². The minimum absolute atomic E-state index is 0.157. The van der Waals surface area contributed by atoms with Crippen molar-refractivity contribution in [3.63, 3.8) is 0 Å². The molecule has 0 unspecified atom stereocenters. The number of hydrogen-bond acceptors (Lipinski definition) is 7. The van der Waals surface area contributed by atoms with E-state index in [9.17, 15) is 14.7 Å². The lowest BCUT2D eigenvalue weighted by Gasteiger charge is -2.14. The highest BCUT2D eigenvalue weighted by atomic mass is 16.5. The van der Waals surface area contributed by atoms with Crippen molar-refractivity contribution in [3.8, 4) is 34.0 Å². The average molecular weight is 395 g/mol. The summed E-state index contributed by atoms with van der Waals surface area (Å²) >= 11 is 0. The smallest absolute Gasteiger partial charge is 0.341 e. The Balaban J connectivity index is 1.85. The molecule has 2 N–H and O–H groups in total. The number of furan rings is 1. The first-order chi connectivity index (χ1) is 14.0. The molecule has 0 saturated carbocycles. The van der Waals surface area contributed by atoms with E-state index in [2.05, 4.69) is 10.2 Å². The van der Waals surface area contributed by atoms with Crippen LogP contribution in [-0.2, 0) is 11.3 Å². The van der Waals surface area contributed by atoms with Crippen molar-refractivity contribution in [1.82, 2.24) is 14.8 Å². The summed E-state index contributed by atoms with van der Waals surface area (Å²) in [6.45, 7) is -0.200. The second-order valence-electron chi connectivity index (χ2n) is 6.19. The zero-order valence-electron chi connectivity index (χ0n) is 15.6. The van der Waals surface area contributed by atoms with Gasteiger partial charge in [0.25, 0.3) is 5.56 Å². The number of aromatic amines is 1. The molecule has 1 aromatic carbocycles. The predicted octanol–water partition coefficient (Wildman–Crippen LogP) is 2.21. The van der Waals surface area contributed by atoms with Gasteiger partial charge in [-0.3, -0.25) is 4.79 Å². The Hall–Kier alpha value is -3.85. The van der Waals surface area contributed by atoms with E-state index in [1.165, 1.54) is 14.2 Å². The first-order valence-corrected chi connectivity index (χ1v) is 8.62. The van der Waals surface area contributed by atoms with Crippen molar-refractivity contribution in [3.05, 3.63) is 64.4 Å². The zero-order chi connectivity index (χ0) is 20.5. The Morgan fingerprint density at radius 1 is 1.21 bits per heavy atom. The van der Waals surface area contributed by atoms with Crippen LogP contribution in [0.15, 0.2) is 51.9 Å². The number of nitrogens with zero attached hydrogens (tertiary/aromatic N) is 2. The fraction of sp³-hybridized carbons (Fsp3) is 0.150. The number of pyridine rings is 1. The first-order valence-electron chi connectivity index (χ1n) is 8.62. The van der Waals surface area contributed by atoms with E-state index < -0.39 is 11.5 Å². The molecular formula is C20H17N3O6. The lowest BCUT2D eigenvalue weighted by Crippen LogP contribution is -2.11. The van der Waals surface area contributed by atoms with Gasteiger partial charge < -0.3 is 23.6 Å². The van der Waals surface area contributed by atoms with E-state index in [4.69, 9.17) is 13.9 Å². The van der Waals surface area contributed by atoms with Crippen LogP contribution in [0, 0.1) is 0 Å². The minimum Gasteiger partial charge on any atom is -0.496 e. The Kier molecular flexibility index (Phi) is 4.65. The van der Waals surface area contributed by atoms with Gasteiger partial charge in [-0.15, -0.1) is 0 Å². The number of benzene rings is 1. The van der Waals surface area contributed by atoms with Crippen molar-refractivity contribution in [2.75, 3.05) is 14.2 Å². The summed E-state index contributed by atoms with van der Waals surface area (Å²) in [7, 11) is 2.79. The third-order valence-electron chi connectivity index (χ3n) is 4.53. The van der Waals surface area contributed by atoms with Crippen LogP contribution in [-0.4, -0.2) is 40.1 Å². The number of aliphatic hydroxyl groups excluding tert-OH is 1. The SMILES string of the molecule is COC(=O)c1cn(-c2ccc(-c3ccc(CO)o3)c(OC)c2)cc2c(=O)[nH]nc1-2. The van der Waals surface area contributed by atoms with Gasteiger partial charge >= 0.3 is 5.97 Å². The normalized spacial score (nSPS) is 11.0. The first kappa shape index (κ1) is 18.5. The molecule has 2 aliphatic rings. The standard InChI is InChI=1S/C20H17N3O6/c1-27-17-7-11(3-5-13(17)16-6-4-12(10-24)29-16)23-8-14-18(21-22-19(14)25)15(9-23)20(26)28-2/h3-9,24H,10H2,1-2H3,(H,22,25). The molecule has 9 heteroatoms. The summed E-state index contributed by atoms with van der Waals surface area (Å²) in [5, 5.41) is 15.5. The van der Waals surface area contributed by atoms with E-state index in [0.29, 0.717) is 28.5 Å². The molecule has 0 amide bonds. The molecule has 29 heavy (non-hydrogen) atoms. The van der Waals surface area contributed by atoms with E-state index in [1.54, 1.807) is 47.3 Å². The van der Waals surface area contributed by atoms with Crippen LogP contribution in [0.25, 0.3) is 28.3 Å². The lowest BCUT2D eigenvalue weighted by molar-refractivity contribution is 0.0600. The van der Waals surface area contributed by atoms with Crippen molar-refractivity contribution in [1.29, 1.82) is 0 Å². The molecule has 9 nitrogen and oxygen atoms in total. The molecule has 148 valence electrons. The Bertz CT molecular complexity index is 1220. The monoisotopic (exact) mass is 395 g/mol. The molecule has 0 radical (unpaired) electrons. The van der Waals surface area contributed by atoms with Crippen molar-refractivity contribution >= 4 is 5.97 Å². The van der Waals surface area contributed by atoms with Crippen LogP contribution in [0.5, 0.6) is 5.75 Å². The molecular weight excluding hydrogens is 378 g/mol. The molecule has 3 heterocycles. The van der Waals surface area contributed by atoms with Gasteiger partial charge in [0.15, 0.2) is 0 Å². The van der Waals surface area contributed by atoms with Crippen molar-refractivity contribution in [2.45, 2.75) is 6.61 Å². The number of aromatic nitrogens is 3. The Labute approximate surface area is 164 Å². The number of nitrogens with one attached hydrogen (secondary N) is 1. The topological polar surface area (TPSA) is 120 Å². The van der Waals surface area contributed by atoms with Crippen LogP contribution in [0.3, 0.4) is 0 Å². The molecule has 2 aromatic rings. The summed E-state index contributed by atoms with van der Waals surface area (Å²) in [5.74, 6) is 0.899. The average Bonchev–Trinajstić information content (AvgIpc) is 3.39. The number of ether oxygens (including phenoxy) is 2. The molecule has 0 aliphatic carbocycles. The van der Waals surface area contributed by atoms with E-state index in [1.807, 2.05) is 0 Å². The molecule has 0 saturated heterocycles. The number of carbonyl (C=O) groups is 1. The predicted molar refractivity (Wildman–Crippen MR) is 102 cm³/mol. The zero-order valence-corrected chi connectivity index (χ0v) is 15.6. The van der Waals surface area contributed by atoms with Crippen LogP contribution in [0.1, 0.15) is 16.1 Å². The second-order valence-corrected chi connectivity index (χ2v) is 6.19. The largest absolute Gasteiger partial charge is 0.496 e. The van der Waals surface area contributed by atoms with E-state index in [0.717, 1.165) is 0 Å². The third-order valence-corrected chi connectivity index (χ3v) is 4.53. The molecule has 0 fully saturated rings. The van der Waals surface area contributed by atoms with Crippen LogP contribution < -0.4 is 10.3 Å². The summed E-state index contributed by atoms with van der Waals surface area (Å²) in [4.78, 5) is 24.2.